The lowest BCUT2D eigenvalue weighted by atomic mass is 10.3. The highest BCUT2D eigenvalue weighted by Crippen LogP contribution is 2.22. The summed E-state index contributed by atoms with van der Waals surface area (Å²) in [5.74, 6) is 0.786. The van der Waals surface area contributed by atoms with E-state index in [0.29, 0.717) is 0 Å². The van der Waals surface area contributed by atoms with Crippen LogP contribution in [0.15, 0.2) is 12.1 Å². The topological polar surface area (TPSA) is 21.3 Å². The average Bonchev–Trinajstić information content (AvgIpc) is 2.05. The molecule has 0 saturated heterocycles. The molecule has 0 radical (unpaired) electrons. The summed E-state index contributed by atoms with van der Waals surface area (Å²) in [5.41, 5.74) is 1.02. The van der Waals surface area contributed by atoms with Crippen molar-refractivity contribution >= 4 is 5.69 Å². The zero-order chi connectivity index (χ0) is 6.81. The lowest BCUT2D eigenvalue weighted by Crippen LogP contribution is -2.17. The first-order valence-corrected chi connectivity index (χ1v) is 3.26. The maximum atomic E-state index is 5.27. The first-order chi connectivity index (χ1) is 4.97. The lowest BCUT2D eigenvalue weighted by molar-refractivity contribution is 0.323. The van der Waals surface area contributed by atoms with Gasteiger partial charge >= 0.3 is 0 Å². The van der Waals surface area contributed by atoms with Crippen LogP contribution in [-0.2, 0) is 0 Å². The Kier molecular flexibility index (Phi) is 1.14. The van der Waals surface area contributed by atoms with Crippen LogP contribution in [0.1, 0.15) is 0 Å². The fraction of sp³-hybridized carbons (Fsp3) is 0.250. The van der Waals surface area contributed by atoms with Gasteiger partial charge in [-0.3, -0.25) is 0 Å². The van der Waals surface area contributed by atoms with Gasteiger partial charge in [-0.2, -0.15) is 0 Å². The summed E-state index contributed by atoms with van der Waals surface area (Å²) in [5, 5.41) is 3.19. The molecule has 2 nitrogen and oxygen atoms in total. The van der Waals surface area contributed by atoms with Crippen LogP contribution in [-0.4, -0.2) is 13.2 Å². The number of hydrogen-bond donors (Lipinski definition) is 1. The van der Waals surface area contributed by atoms with Gasteiger partial charge in [0.2, 0.25) is 0 Å². The summed E-state index contributed by atoms with van der Waals surface area (Å²) in [6, 6.07) is 9.47. The molecule has 0 fully saturated rings. The first kappa shape index (κ1) is 5.43. The molecule has 0 aromatic heterocycles. The molecule has 1 aliphatic rings. The van der Waals surface area contributed by atoms with Gasteiger partial charge in [0.05, 0.1) is 5.69 Å². The smallest absolute Gasteiger partial charge is 0.193 e. The Balaban J connectivity index is 2.41. The van der Waals surface area contributed by atoms with Gasteiger partial charge in [-0.25, -0.2) is 0 Å². The van der Waals surface area contributed by atoms with Crippen LogP contribution < -0.4 is 10.1 Å². The minimum Gasteiger partial charge on any atom is -0.482 e. The highest BCUT2D eigenvalue weighted by atomic mass is 16.5. The summed E-state index contributed by atoms with van der Waals surface area (Å²) >= 11 is 0. The van der Waals surface area contributed by atoms with Crippen molar-refractivity contribution in [2.75, 3.05) is 18.5 Å². The molecule has 0 spiro atoms. The second-order valence-corrected chi connectivity index (χ2v) is 2.12. The average molecular weight is 133 g/mol. The number of hydrogen-bond acceptors (Lipinski definition) is 2. The third-order valence-electron chi connectivity index (χ3n) is 1.43. The van der Waals surface area contributed by atoms with E-state index in [1.807, 2.05) is 12.1 Å². The SMILES string of the molecule is c1ccc2c(c#1)OCCN2. The Labute approximate surface area is 59.8 Å². The van der Waals surface area contributed by atoms with Crippen LogP contribution in [0.25, 0.3) is 0 Å². The molecule has 1 heterocycles. The zero-order valence-electron chi connectivity index (χ0n) is 5.48. The minimum absolute atomic E-state index is 0.724. The molecule has 1 aromatic rings. The van der Waals surface area contributed by atoms with Crippen molar-refractivity contribution in [1.82, 2.24) is 0 Å². The van der Waals surface area contributed by atoms with Gasteiger partial charge < -0.3 is 10.1 Å². The van der Waals surface area contributed by atoms with Gasteiger partial charge in [0.15, 0.2) is 5.75 Å². The molecule has 2 heteroatoms. The lowest BCUT2D eigenvalue weighted by Gasteiger charge is -2.15. The standard InChI is InChI=1S/C8H7NO/c1-2-4-8-7(3-1)9-5-6-10-8/h1,3,9H,5-6H2. The fourth-order valence-corrected chi connectivity index (χ4v) is 0.967. The predicted octanol–water partition coefficient (Wildman–Crippen LogP) is 1.09. The Morgan fingerprint density at radius 3 is 3.50 bits per heavy atom. The molecule has 2 rings (SSSR count). The van der Waals surface area contributed by atoms with E-state index in [0.717, 1.165) is 24.6 Å². The minimum atomic E-state index is 0.724. The summed E-state index contributed by atoms with van der Waals surface area (Å²) in [4.78, 5) is 0. The van der Waals surface area contributed by atoms with Crippen LogP contribution in [0.3, 0.4) is 0 Å². The summed E-state index contributed by atoms with van der Waals surface area (Å²) in [6.07, 6.45) is 0. The number of anilines is 1. The maximum absolute atomic E-state index is 5.27. The van der Waals surface area contributed by atoms with Crippen molar-refractivity contribution < 1.29 is 4.74 Å². The van der Waals surface area contributed by atoms with Gasteiger partial charge in [0.1, 0.15) is 6.61 Å². The zero-order valence-corrected chi connectivity index (χ0v) is 5.48. The Morgan fingerprint density at radius 2 is 2.60 bits per heavy atom. The summed E-state index contributed by atoms with van der Waals surface area (Å²) in [6.45, 7) is 1.60. The van der Waals surface area contributed by atoms with Crippen LogP contribution in [0.5, 0.6) is 5.75 Å². The van der Waals surface area contributed by atoms with Crippen molar-refractivity contribution in [3.8, 4) is 5.75 Å². The highest BCUT2D eigenvalue weighted by molar-refractivity contribution is 5.55. The Bertz CT molecular complexity index is 209. The van der Waals surface area contributed by atoms with E-state index in [1.165, 1.54) is 0 Å². The molecule has 10 heavy (non-hydrogen) atoms. The third kappa shape index (κ3) is 0.763. The number of rotatable bonds is 0. The van der Waals surface area contributed by atoms with Crippen molar-refractivity contribution in [1.29, 1.82) is 0 Å². The molecule has 0 amide bonds. The third-order valence-corrected chi connectivity index (χ3v) is 1.43. The van der Waals surface area contributed by atoms with Crippen LogP contribution in [0.2, 0.25) is 0 Å². The second kappa shape index (κ2) is 2.11. The maximum Gasteiger partial charge on any atom is 0.193 e. The Hall–Kier alpha value is -1.36. The van der Waals surface area contributed by atoms with Gasteiger partial charge in [0.25, 0.3) is 0 Å². The Morgan fingerprint density at radius 1 is 1.60 bits per heavy atom. The molecule has 0 saturated carbocycles. The van der Waals surface area contributed by atoms with E-state index in [4.69, 9.17) is 4.74 Å². The van der Waals surface area contributed by atoms with Gasteiger partial charge in [0, 0.05) is 6.54 Å². The molecule has 0 atom stereocenters. The van der Waals surface area contributed by atoms with Crippen LogP contribution >= 0.6 is 0 Å². The van der Waals surface area contributed by atoms with E-state index < -0.39 is 0 Å². The van der Waals surface area contributed by atoms with E-state index >= 15 is 0 Å². The number of nitrogens with one attached hydrogen (secondary N) is 1. The molecular formula is C8H7NO. The number of ether oxygens (including phenoxy) is 1. The largest absolute Gasteiger partial charge is 0.482 e. The highest BCUT2D eigenvalue weighted by Gasteiger charge is 2.05. The van der Waals surface area contributed by atoms with E-state index in [9.17, 15) is 0 Å². The monoisotopic (exact) mass is 133 g/mol. The van der Waals surface area contributed by atoms with Crippen molar-refractivity contribution in [2.45, 2.75) is 0 Å². The molecule has 0 unspecified atom stereocenters. The van der Waals surface area contributed by atoms with Gasteiger partial charge in [-0.15, -0.1) is 0 Å². The molecule has 1 N–H and O–H groups in total. The van der Waals surface area contributed by atoms with Gasteiger partial charge in [-0.05, 0) is 18.2 Å². The van der Waals surface area contributed by atoms with E-state index in [2.05, 4.69) is 17.4 Å². The molecular weight excluding hydrogens is 126 g/mol. The first-order valence-electron chi connectivity index (χ1n) is 3.26. The molecule has 50 valence electrons. The second-order valence-electron chi connectivity index (χ2n) is 2.12. The van der Waals surface area contributed by atoms with Gasteiger partial charge in [-0.1, -0.05) is 6.07 Å². The molecule has 1 aromatic carbocycles. The number of fused-ring (bicyclic) bond motifs is 1. The van der Waals surface area contributed by atoms with Crippen molar-refractivity contribution in [3.63, 3.8) is 0 Å². The molecule has 0 aliphatic carbocycles. The summed E-state index contributed by atoms with van der Waals surface area (Å²) in [7, 11) is 0. The summed E-state index contributed by atoms with van der Waals surface area (Å²) < 4.78 is 5.27. The predicted molar refractivity (Wildman–Crippen MR) is 38.1 cm³/mol. The normalized spacial score (nSPS) is 14.0. The van der Waals surface area contributed by atoms with Crippen molar-refractivity contribution in [2.24, 2.45) is 0 Å². The molecule has 0 bridgehead atoms. The van der Waals surface area contributed by atoms with Crippen LogP contribution in [0.4, 0.5) is 5.69 Å². The van der Waals surface area contributed by atoms with Crippen molar-refractivity contribution in [3.05, 3.63) is 24.3 Å². The van der Waals surface area contributed by atoms with Crippen LogP contribution in [0, 0.1) is 12.1 Å². The quantitative estimate of drug-likeness (QED) is 0.572. The van der Waals surface area contributed by atoms with E-state index in [-0.39, 0.29) is 0 Å². The fourth-order valence-electron chi connectivity index (χ4n) is 0.967. The molecule has 1 aliphatic heterocycles. The van der Waals surface area contributed by atoms with E-state index in [1.54, 1.807) is 0 Å².